The smallest absolute Gasteiger partial charge is 0.266 e. The van der Waals surface area contributed by atoms with Gasteiger partial charge in [-0.1, -0.05) is 6.07 Å². The number of halogens is 2. The van der Waals surface area contributed by atoms with Crippen molar-refractivity contribution in [3.8, 4) is 29.2 Å². The van der Waals surface area contributed by atoms with Crippen molar-refractivity contribution in [1.29, 1.82) is 5.26 Å². The number of methoxy groups -OCH3 is 2. The number of nitrogens with one attached hydrogen (secondary N) is 1. The number of rotatable bonds is 7. The van der Waals surface area contributed by atoms with Crippen LogP contribution in [0.5, 0.6) is 23.1 Å². The molecule has 162 valence electrons. The van der Waals surface area contributed by atoms with Crippen LogP contribution < -0.4 is 19.5 Å². The van der Waals surface area contributed by atoms with Crippen LogP contribution in [0.1, 0.15) is 5.56 Å². The van der Waals surface area contributed by atoms with Crippen LogP contribution in [0.4, 0.5) is 10.1 Å². The third kappa shape index (κ3) is 5.50. The van der Waals surface area contributed by atoms with Crippen LogP contribution in [0.25, 0.3) is 6.08 Å². The van der Waals surface area contributed by atoms with E-state index in [-0.39, 0.29) is 22.4 Å². The fourth-order valence-electron chi connectivity index (χ4n) is 2.56. The molecule has 0 aliphatic carbocycles. The highest BCUT2D eigenvalue weighted by Crippen LogP contribution is 2.33. The Balaban J connectivity index is 1.86. The average molecular weight is 455 g/mol. The molecule has 10 heteroatoms. The molecule has 0 saturated carbocycles. The number of benzene rings is 2. The second kappa shape index (κ2) is 10.2. The normalized spacial score (nSPS) is 10.8. The Labute approximate surface area is 187 Å². The molecule has 2 aromatic carbocycles. The summed E-state index contributed by atoms with van der Waals surface area (Å²) >= 11 is 5.70. The van der Waals surface area contributed by atoms with Gasteiger partial charge < -0.3 is 19.5 Å². The second-order valence-electron chi connectivity index (χ2n) is 6.16. The first-order valence-electron chi connectivity index (χ1n) is 9.04. The molecule has 0 saturated heterocycles. The number of nitriles is 1. The molecule has 0 spiro atoms. The molecule has 0 radical (unpaired) electrons. The average Bonchev–Trinajstić information content (AvgIpc) is 2.80. The second-order valence-corrected chi connectivity index (χ2v) is 6.49. The Morgan fingerprint density at radius 3 is 2.56 bits per heavy atom. The van der Waals surface area contributed by atoms with E-state index in [0.717, 1.165) is 6.20 Å². The quantitative estimate of drug-likeness (QED) is 0.315. The van der Waals surface area contributed by atoms with E-state index in [0.29, 0.717) is 17.0 Å². The van der Waals surface area contributed by atoms with Crippen LogP contribution in [-0.4, -0.2) is 30.1 Å². The van der Waals surface area contributed by atoms with Crippen molar-refractivity contribution >= 4 is 29.3 Å². The standard InChI is InChI=1S/C22H16ClFN4O4/c1-30-16-6-4-15(5-7-16)27-20(29)14(11-25)9-13-3-8-18(31-2)19(10-13)32-21-17(24)12-26-22(23)28-21/h3-10,12H,1-2H3,(H,27,29)/b14-9+. The number of hydrogen-bond acceptors (Lipinski definition) is 7. The summed E-state index contributed by atoms with van der Waals surface area (Å²) in [5.41, 5.74) is 0.766. The van der Waals surface area contributed by atoms with Gasteiger partial charge in [-0.25, -0.2) is 4.98 Å². The van der Waals surface area contributed by atoms with Gasteiger partial charge in [-0.2, -0.15) is 14.6 Å². The van der Waals surface area contributed by atoms with Crippen molar-refractivity contribution in [2.75, 3.05) is 19.5 Å². The minimum atomic E-state index is -0.825. The maximum Gasteiger partial charge on any atom is 0.266 e. The summed E-state index contributed by atoms with van der Waals surface area (Å²) in [6, 6.07) is 13.1. The zero-order valence-electron chi connectivity index (χ0n) is 16.9. The lowest BCUT2D eigenvalue weighted by Gasteiger charge is -2.11. The fraction of sp³-hybridized carbons (Fsp3) is 0.0909. The maximum absolute atomic E-state index is 14.0. The number of carbonyl (C=O) groups is 1. The lowest BCUT2D eigenvalue weighted by atomic mass is 10.1. The molecule has 8 nitrogen and oxygen atoms in total. The van der Waals surface area contributed by atoms with E-state index in [1.165, 1.54) is 32.4 Å². The molecule has 3 aromatic rings. The van der Waals surface area contributed by atoms with E-state index < -0.39 is 17.6 Å². The summed E-state index contributed by atoms with van der Waals surface area (Å²) in [5.74, 6) is -0.827. The fourth-order valence-corrected chi connectivity index (χ4v) is 2.68. The lowest BCUT2D eigenvalue weighted by molar-refractivity contribution is -0.112. The van der Waals surface area contributed by atoms with E-state index in [9.17, 15) is 14.4 Å². The predicted molar refractivity (Wildman–Crippen MR) is 115 cm³/mol. The van der Waals surface area contributed by atoms with Gasteiger partial charge in [-0.05, 0) is 59.6 Å². The summed E-state index contributed by atoms with van der Waals surface area (Å²) < 4.78 is 29.7. The Hall–Kier alpha value is -4.16. The van der Waals surface area contributed by atoms with Gasteiger partial charge in [-0.3, -0.25) is 4.79 Å². The molecule has 1 heterocycles. The first kappa shape index (κ1) is 22.5. The maximum atomic E-state index is 14.0. The minimum Gasteiger partial charge on any atom is -0.497 e. The van der Waals surface area contributed by atoms with Crippen LogP contribution in [0, 0.1) is 17.1 Å². The SMILES string of the molecule is COc1ccc(NC(=O)/C(C#N)=C/c2ccc(OC)c(Oc3nc(Cl)ncc3F)c2)cc1. The minimum absolute atomic E-state index is 0.0998. The number of hydrogen-bond donors (Lipinski definition) is 1. The number of amides is 1. The van der Waals surface area contributed by atoms with E-state index in [2.05, 4.69) is 15.3 Å². The molecule has 0 fully saturated rings. The molecule has 0 bridgehead atoms. The van der Waals surface area contributed by atoms with Gasteiger partial charge in [0.1, 0.15) is 17.4 Å². The van der Waals surface area contributed by atoms with Crippen molar-refractivity contribution in [3.63, 3.8) is 0 Å². The van der Waals surface area contributed by atoms with Gasteiger partial charge in [0.2, 0.25) is 11.1 Å². The largest absolute Gasteiger partial charge is 0.497 e. The molecule has 3 rings (SSSR count). The van der Waals surface area contributed by atoms with E-state index in [4.69, 9.17) is 25.8 Å². The zero-order chi connectivity index (χ0) is 23.1. The van der Waals surface area contributed by atoms with Crippen molar-refractivity contribution in [1.82, 2.24) is 9.97 Å². The van der Waals surface area contributed by atoms with Gasteiger partial charge in [0.15, 0.2) is 11.5 Å². The van der Waals surface area contributed by atoms with Gasteiger partial charge in [0.25, 0.3) is 11.8 Å². The molecule has 1 aromatic heterocycles. The number of anilines is 1. The highest BCUT2D eigenvalue weighted by Gasteiger charge is 2.14. The molecule has 0 aliphatic heterocycles. The number of carbonyl (C=O) groups excluding carboxylic acids is 1. The van der Waals surface area contributed by atoms with E-state index in [1.807, 2.05) is 6.07 Å². The first-order chi connectivity index (χ1) is 15.4. The van der Waals surface area contributed by atoms with Crippen LogP contribution in [0.15, 0.2) is 54.2 Å². The zero-order valence-corrected chi connectivity index (χ0v) is 17.7. The highest BCUT2D eigenvalue weighted by molar-refractivity contribution is 6.28. The Bertz CT molecular complexity index is 1210. The summed E-state index contributed by atoms with van der Waals surface area (Å²) in [7, 11) is 2.94. The molecular formula is C22H16ClFN4O4. The van der Waals surface area contributed by atoms with Gasteiger partial charge >= 0.3 is 0 Å². The Kier molecular flexibility index (Phi) is 7.21. The van der Waals surface area contributed by atoms with Crippen LogP contribution in [0.2, 0.25) is 5.28 Å². The third-order valence-corrected chi connectivity index (χ3v) is 4.28. The number of ether oxygens (including phenoxy) is 3. The number of aromatic nitrogens is 2. The molecule has 0 atom stereocenters. The third-order valence-electron chi connectivity index (χ3n) is 4.10. The number of nitrogens with zero attached hydrogens (tertiary/aromatic N) is 3. The first-order valence-corrected chi connectivity index (χ1v) is 9.42. The topological polar surface area (TPSA) is 106 Å². The molecule has 1 N–H and O–H groups in total. The molecule has 0 aliphatic rings. The molecule has 32 heavy (non-hydrogen) atoms. The van der Waals surface area contributed by atoms with Crippen molar-refractivity contribution in [3.05, 3.63) is 70.9 Å². The Morgan fingerprint density at radius 1 is 1.16 bits per heavy atom. The molecule has 0 unspecified atom stereocenters. The van der Waals surface area contributed by atoms with E-state index >= 15 is 0 Å². The predicted octanol–water partition coefficient (Wildman–Crippen LogP) is 4.62. The summed E-state index contributed by atoms with van der Waals surface area (Å²) in [5, 5.41) is 11.9. The monoisotopic (exact) mass is 454 g/mol. The van der Waals surface area contributed by atoms with Crippen molar-refractivity contribution in [2.24, 2.45) is 0 Å². The molecule has 1 amide bonds. The highest BCUT2D eigenvalue weighted by atomic mass is 35.5. The van der Waals surface area contributed by atoms with Gasteiger partial charge in [0, 0.05) is 5.69 Å². The summed E-state index contributed by atoms with van der Waals surface area (Å²) in [4.78, 5) is 19.7. The van der Waals surface area contributed by atoms with Crippen molar-refractivity contribution in [2.45, 2.75) is 0 Å². The van der Waals surface area contributed by atoms with Gasteiger partial charge in [-0.15, -0.1) is 0 Å². The van der Waals surface area contributed by atoms with Gasteiger partial charge in [0.05, 0.1) is 20.4 Å². The Morgan fingerprint density at radius 2 is 1.91 bits per heavy atom. The summed E-state index contributed by atoms with van der Waals surface area (Å²) in [6.07, 6.45) is 2.23. The van der Waals surface area contributed by atoms with E-state index in [1.54, 1.807) is 30.3 Å². The van der Waals surface area contributed by atoms with Crippen LogP contribution in [-0.2, 0) is 4.79 Å². The van der Waals surface area contributed by atoms with Crippen LogP contribution >= 0.6 is 11.6 Å². The van der Waals surface area contributed by atoms with Crippen LogP contribution in [0.3, 0.4) is 0 Å². The van der Waals surface area contributed by atoms with Crippen molar-refractivity contribution < 1.29 is 23.4 Å². The lowest BCUT2D eigenvalue weighted by Crippen LogP contribution is -2.13. The summed E-state index contributed by atoms with van der Waals surface area (Å²) in [6.45, 7) is 0. The molecular weight excluding hydrogens is 439 g/mol.